The van der Waals surface area contributed by atoms with Crippen LogP contribution in [0.3, 0.4) is 0 Å². The second-order valence-electron chi connectivity index (χ2n) is 5.52. The molecule has 7 heteroatoms. The van der Waals surface area contributed by atoms with Crippen molar-refractivity contribution in [2.45, 2.75) is 11.3 Å². The Labute approximate surface area is 139 Å². The fourth-order valence-corrected chi connectivity index (χ4v) is 3.03. The van der Waals surface area contributed by atoms with Crippen LogP contribution in [0, 0.1) is 0 Å². The van der Waals surface area contributed by atoms with Crippen molar-refractivity contribution in [3.63, 3.8) is 0 Å². The van der Waals surface area contributed by atoms with Gasteiger partial charge >= 0.3 is 0 Å². The van der Waals surface area contributed by atoms with Crippen LogP contribution in [0.15, 0.2) is 58.2 Å². The van der Waals surface area contributed by atoms with Crippen LogP contribution in [0.2, 0.25) is 0 Å². The summed E-state index contributed by atoms with van der Waals surface area (Å²) >= 11 is 0. The molecule has 0 amide bonds. The predicted octanol–water partition coefficient (Wildman–Crippen LogP) is 1.98. The van der Waals surface area contributed by atoms with Gasteiger partial charge in [-0.3, -0.25) is 9.78 Å². The molecule has 0 aliphatic rings. The van der Waals surface area contributed by atoms with E-state index in [9.17, 15) is 13.2 Å². The van der Waals surface area contributed by atoms with E-state index >= 15 is 0 Å². The lowest BCUT2D eigenvalue weighted by molar-refractivity contribution is 0.602. The summed E-state index contributed by atoms with van der Waals surface area (Å²) in [5.41, 5.74) is 1.46. The molecule has 0 fully saturated rings. The highest BCUT2D eigenvalue weighted by Crippen LogP contribution is 2.11. The lowest BCUT2D eigenvalue weighted by Gasteiger charge is -2.07. The van der Waals surface area contributed by atoms with Gasteiger partial charge in [0.25, 0.3) is 5.56 Å². The summed E-state index contributed by atoms with van der Waals surface area (Å²) in [5, 5.41) is 3.64. The van der Waals surface area contributed by atoms with Gasteiger partial charge in [-0.15, -0.1) is 0 Å². The molecular formula is C17H17N3O3S. The molecule has 0 saturated carbocycles. The van der Waals surface area contributed by atoms with Crippen LogP contribution in [-0.4, -0.2) is 31.2 Å². The van der Waals surface area contributed by atoms with Crippen LogP contribution in [0.25, 0.3) is 10.9 Å². The molecule has 1 heterocycles. The van der Waals surface area contributed by atoms with E-state index < -0.39 is 9.84 Å². The number of aromatic amines is 1. The lowest BCUT2D eigenvalue weighted by atomic mass is 10.1. The number of fused-ring (bicyclic) bond motifs is 1. The van der Waals surface area contributed by atoms with Crippen molar-refractivity contribution in [1.29, 1.82) is 0 Å². The smallest absolute Gasteiger partial charge is 0.260 e. The quantitative estimate of drug-likeness (QED) is 0.739. The molecule has 124 valence electrons. The number of nitrogens with zero attached hydrogens (tertiary/aromatic N) is 1. The van der Waals surface area contributed by atoms with Gasteiger partial charge in [-0.25, -0.2) is 13.4 Å². The summed E-state index contributed by atoms with van der Waals surface area (Å²) in [4.78, 5) is 19.4. The average Bonchev–Trinajstić information content (AvgIpc) is 2.55. The van der Waals surface area contributed by atoms with Gasteiger partial charge in [0.2, 0.25) is 5.95 Å². The van der Waals surface area contributed by atoms with Crippen LogP contribution >= 0.6 is 0 Å². The molecule has 3 rings (SSSR count). The Balaban J connectivity index is 1.67. The van der Waals surface area contributed by atoms with Crippen LogP contribution < -0.4 is 10.9 Å². The number of aromatic nitrogens is 2. The first-order valence-electron chi connectivity index (χ1n) is 7.45. The maximum atomic E-state index is 12.0. The highest BCUT2D eigenvalue weighted by Gasteiger charge is 2.06. The molecule has 24 heavy (non-hydrogen) atoms. The third-order valence-electron chi connectivity index (χ3n) is 3.67. The Morgan fingerprint density at radius 1 is 1.08 bits per heavy atom. The Morgan fingerprint density at radius 3 is 2.50 bits per heavy atom. The number of para-hydroxylation sites is 1. The van der Waals surface area contributed by atoms with E-state index in [1.165, 1.54) is 6.26 Å². The van der Waals surface area contributed by atoms with Crippen LogP contribution in [0.4, 0.5) is 5.95 Å². The summed E-state index contributed by atoms with van der Waals surface area (Å²) in [6.07, 6.45) is 1.87. The van der Waals surface area contributed by atoms with Gasteiger partial charge < -0.3 is 5.32 Å². The van der Waals surface area contributed by atoms with Crippen LogP contribution in [0.5, 0.6) is 0 Å². The minimum absolute atomic E-state index is 0.180. The minimum Gasteiger partial charge on any atom is -0.355 e. The summed E-state index contributed by atoms with van der Waals surface area (Å²) in [5.74, 6) is 0.423. The molecule has 0 radical (unpaired) electrons. The number of sulfone groups is 1. The first kappa shape index (κ1) is 16.2. The molecule has 6 nitrogen and oxygen atoms in total. The normalized spacial score (nSPS) is 11.5. The zero-order chi connectivity index (χ0) is 17.2. The first-order valence-corrected chi connectivity index (χ1v) is 9.34. The number of hydrogen-bond acceptors (Lipinski definition) is 5. The number of H-pyrrole nitrogens is 1. The standard InChI is InChI=1S/C17H17N3O3S/c1-24(22,23)13-8-6-12(7-9-13)10-11-18-17-19-15-5-3-2-4-14(15)16(21)20-17/h2-9H,10-11H2,1H3,(H2,18,19,20,21). The number of benzene rings is 2. The first-order chi connectivity index (χ1) is 11.4. The number of anilines is 1. The fraction of sp³-hybridized carbons (Fsp3) is 0.176. The third-order valence-corrected chi connectivity index (χ3v) is 4.80. The van der Waals surface area contributed by atoms with E-state index in [0.29, 0.717) is 34.7 Å². The van der Waals surface area contributed by atoms with Crippen LogP contribution in [-0.2, 0) is 16.3 Å². The summed E-state index contributed by atoms with van der Waals surface area (Å²) in [6.45, 7) is 0.569. The SMILES string of the molecule is CS(=O)(=O)c1ccc(CCNc2nc3ccccc3c(=O)[nH]2)cc1. The highest BCUT2D eigenvalue weighted by molar-refractivity contribution is 7.90. The van der Waals surface area contributed by atoms with E-state index in [1.54, 1.807) is 42.5 Å². The molecule has 2 N–H and O–H groups in total. The summed E-state index contributed by atoms with van der Waals surface area (Å²) in [7, 11) is -3.17. The lowest BCUT2D eigenvalue weighted by Crippen LogP contribution is -2.14. The molecule has 0 atom stereocenters. The monoisotopic (exact) mass is 343 g/mol. The zero-order valence-electron chi connectivity index (χ0n) is 13.1. The second kappa shape index (κ2) is 6.45. The molecule has 0 bridgehead atoms. The number of rotatable bonds is 5. The Kier molecular flexibility index (Phi) is 4.35. The van der Waals surface area contributed by atoms with E-state index in [2.05, 4.69) is 15.3 Å². The van der Waals surface area contributed by atoms with Gasteiger partial charge in [0.05, 0.1) is 15.8 Å². The van der Waals surface area contributed by atoms with Gasteiger partial charge in [0, 0.05) is 12.8 Å². The highest BCUT2D eigenvalue weighted by atomic mass is 32.2. The number of hydrogen-bond donors (Lipinski definition) is 2. The van der Waals surface area contributed by atoms with Gasteiger partial charge in [0.1, 0.15) is 0 Å². The number of nitrogens with one attached hydrogen (secondary N) is 2. The molecular weight excluding hydrogens is 326 g/mol. The van der Waals surface area contributed by atoms with Gasteiger partial charge in [-0.2, -0.15) is 0 Å². The fourth-order valence-electron chi connectivity index (χ4n) is 2.40. The maximum absolute atomic E-state index is 12.0. The zero-order valence-corrected chi connectivity index (χ0v) is 13.9. The van der Waals surface area contributed by atoms with Crippen molar-refractivity contribution >= 4 is 26.7 Å². The Bertz CT molecular complexity index is 1020. The molecule has 0 aliphatic carbocycles. The van der Waals surface area contributed by atoms with Crippen molar-refractivity contribution in [3.05, 3.63) is 64.4 Å². The van der Waals surface area contributed by atoms with E-state index in [-0.39, 0.29) is 5.56 Å². The molecule has 0 aliphatic heterocycles. The largest absolute Gasteiger partial charge is 0.355 e. The molecule has 3 aromatic rings. The Hall–Kier alpha value is -2.67. The van der Waals surface area contributed by atoms with Crippen LogP contribution in [0.1, 0.15) is 5.56 Å². The van der Waals surface area contributed by atoms with Gasteiger partial charge in [0.15, 0.2) is 9.84 Å². The third kappa shape index (κ3) is 3.62. The summed E-state index contributed by atoms with van der Waals surface area (Å²) < 4.78 is 22.9. The Morgan fingerprint density at radius 2 is 1.79 bits per heavy atom. The van der Waals surface area contributed by atoms with Crippen molar-refractivity contribution in [3.8, 4) is 0 Å². The second-order valence-corrected chi connectivity index (χ2v) is 7.54. The molecule has 1 aromatic heterocycles. The van der Waals surface area contributed by atoms with Crippen molar-refractivity contribution in [2.75, 3.05) is 18.1 Å². The maximum Gasteiger partial charge on any atom is 0.260 e. The van der Waals surface area contributed by atoms with Gasteiger partial charge in [-0.05, 0) is 36.2 Å². The topological polar surface area (TPSA) is 91.9 Å². The van der Waals surface area contributed by atoms with Crippen molar-refractivity contribution in [2.24, 2.45) is 0 Å². The predicted molar refractivity (Wildman–Crippen MR) is 94.1 cm³/mol. The molecule has 2 aromatic carbocycles. The summed E-state index contributed by atoms with van der Waals surface area (Å²) in [6, 6.07) is 13.9. The van der Waals surface area contributed by atoms with E-state index in [0.717, 1.165) is 5.56 Å². The molecule has 0 spiro atoms. The van der Waals surface area contributed by atoms with Gasteiger partial charge in [-0.1, -0.05) is 24.3 Å². The minimum atomic E-state index is -3.17. The molecule has 0 unspecified atom stereocenters. The van der Waals surface area contributed by atoms with Crippen molar-refractivity contribution in [1.82, 2.24) is 9.97 Å². The molecule has 0 saturated heterocycles. The van der Waals surface area contributed by atoms with E-state index in [4.69, 9.17) is 0 Å². The average molecular weight is 343 g/mol. The van der Waals surface area contributed by atoms with Crippen molar-refractivity contribution < 1.29 is 8.42 Å². The van der Waals surface area contributed by atoms with E-state index in [1.807, 2.05) is 6.07 Å².